The Labute approximate surface area is 153 Å². The Morgan fingerprint density at radius 1 is 0.964 bits per heavy atom. The lowest BCUT2D eigenvalue weighted by molar-refractivity contribution is -0.131. The normalized spacial score (nSPS) is 13.9. The maximum absolute atomic E-state index is 13.9. The molecule has 2 heterocycles. The molecule has 0 saturated heterocycles. The van der Waals surface area contributed by atoms with Gasteiger partial charge in [-0.15, -0.1) is 0 Å². The van der Waals surface area contributed by atoms with E-state index in [1.807, 2.05) is 0 Å². The molecule has 0 atom stereocenters. The first-order valence-electron chi connectivity index (χ1n) is 7.91. The molecule has 0 amide bonds. The van der Waals surface area contributed by atoms with E-state index in [9.17, 15) is 30.7 Å². The van der Waals surface area contributed by atoms with Gasteiger partial charge in [0.15, 0.2) is 17.5 Å². The van der Waals surface area contributed by atoms with Crippen molar-refractivity contribution in [3.05, 3.63) is 35.8 Å². The first-order valence-corrected chi connectivity index (χ1v) is 7.91. The molecule has 1 aliphatic rings. The lowest BCUT2D eigenvalue weighted by Crippen LogP contribution is -2.22. The predicted molar refractivity (Wildman–Crippen MR) is 87.7 cm³/mol. The topological polar surface area (TPSA) is 62.2 Å². The third-order valence-electron chi connectivity index (χ3n) is 3.68. The highest BCUT2D eigenvalue weighted by Gasteiger charge is 2.40. The fourth-order valence-corrected chi connectivity index (χ4v) is 2.38. The molecule has 0 bridgehead atoms. The molecule has 0 spiro atoms. The van der Waals surface area contributed by atoms with Gasteiger partial charge in [-0.05, 0) is 12.1 Å². The number of benzene rings is 1. The minimum absolute atomic E-state index is 0.0753. The van der Waals surface area contributed by atoms with E-state index in [2.05, 4.69) is 25.6 Å². The summed E-state index contributed by atoms with van der Waals surface area (Å²) in [6, 6.07) is 5.36. The van der Waals surface area contributed by atoms with Crippen molar-refractivity contribution in [2.75, 3.05) is 17.2 Å². The molecule has 0 unspecified atom stereocenters. The fourth-order valence-electron chi connectivity index (χ4n) is 2.38. The van der Waals surface area contributed by atoms with Crippen LogP contribution in [-0.2, 0) is 6.42 Å². The largest absolute Gasteiger partial charge is 0.429 e. The number of nitrogens with zero attached hydrogens (tertiary/aromatic N) is 3. The van der Waals surface area contributed by atoms with Gasteiger partial charge >= 0.3 is 12.4 Å². The molecule has 0 fully saturated rings. The molecule has 5 nitrogen and oxygen atoms in total. The van der Waals surface area contributed by atoms with E-state index < -0.39 is 43.3 Å². The Morgan fingerprint density at radius 3 is 2.32 bits per heavy atom. The average Bonchev–Trinajstić information content (AvgIpc) is 2.99. The second-order valence-electron chi connectivity index (χ2n) is 5.82. The van der Waals surface area contributed by atoms with E-state index in [0.29, 0.717) is 0 Å². The Hall–Kier alpha value is -2.92. The molecule has 0 saturated carbocycles. The zero-order valence-electron chi connectivity index (χ0n) is 13.9. The van der Waals surface area contributed by atoms with Crippen molar-refractivity contribution in [3.8, 4) is 0 Å². The fraction of sp³-hybridized carbons (Fsp3) is 0.312. The molecule has 0 aliphatic carbocycles. The number of aromatic nitrogens is 2. The number of alkyl halides is 6. The van der Waals surface area contributed by atoms with Crippen LogP contribution in [0.3, 0.4) is 0 Å². The number of halogens is 7. The third-order valence-corrected chi connectivity index (χ3v) is 3.68. The monoisotopic (exact) mass is 407 g/mol. The van der Waals surface area contributed by atoms with E-state index in [-0.39, 0.29) is 28.8 Å². The molecular formula is C16H12F7N5. The van der Waals surface area contributed by atoms with E-state index in [0.717, 1.165) is 6.07 Å². The summed E-state index contributed by atoms with van der Waals surface area (Å²) in [5, 5.41) is 4.91. The zero-order chi connectivity index (χ0) is 20.5. The number of rotatable bonds is 5. The number of aliphatic imine (C=N–C) groups is 1. The number of para-hydroxylation sites is 1. The zero-order valence-corrected chi connectivity index (χ0v) is 13.9. The van der Waals surface area contributed by atoms with Crippen LogP contribution in [0.1, 0.15) is 12.1 Å². The second kappa shape index (κ2) is 7.24. The molecule has 1 aliphatic heterocycles. The van der Waals surface area contributed by atoms with E-state index in [1.165, 1.54) is 18.2 Å². The van der Waals surface area contributed by atoms with Gasteiger partial charge in [-0.3, -0.25) is 0 Å². The highest BCUT2D eigenvalue weighted by atomic mass is 19.4. The molecule has 12 heteroatoms. The van der Waals surface area contributed by atoms with Crippen molar-refractivity contribution in [2.24, 2.45) is 4.99 Å². The highest BCUT2D eigenvalue weighted by Crippen LogP contribution is 2.35. The minimum Gasteiger partial charge on any atom is -0.367 e. The van der Waals surface area contributed by atoms with Gasteiger partial charge in [0.2, 0.25) is 0 Å². The molecule has 0 radical (unpaired) electrons. The Morgan fingerprint density at radius 2 is 1.68 bits per heavy atom. The van der Waals surface area contributed by atoms with Crippen molar-refractivity contribution in [1.29, 1.82) is 0 Å². The van der Waals surface area contributed by atoms with Crippen molar-refractivity contribution in [1.82, 2.24) is 9.97 Å². The second-order valence-corrected chi connectivity index (χ2v) is 5.82. The van der Waals surface area contributed by atoms with E-state index >= 15 is 0 Å². The lowest BCUT2D eigenvalue weighted by Gasteiger charge is -2.14. The Balaban J connectivity index is 1.92. The summed E-state index contributed by atoms with van der Waals surface area (Å²) < 4.78 is 89.6. The summed E-state index contributed by atoms with van der Waals surface area (Å²) in [5.74, 6) is -1.49. The van der Waals surface area contributed by atoms with Gasteiger partial charge in [0.1, 0.15) is 11.5 Å². The summed E-state index contributed by atoms with van der Waals surface area (Å²) in [4.78, 5) is 11.2. The molecule has 1 aromatic carbocycles. The van der Waals surface area contributed by atoms with Crippen LogP contribution < -0.4 is 10.6 Å². The summed E-state index contributed by atoms with van der Waals surface area (Å²) in [6.07, 6.45) is -11.0. The number of fused-ring (bicyclic) bond motifs is 1. The predicted octanol–water partition coefficient (Wildman–Crippen LogP) is 4.91. The maximum atomic E-state index is 13.9. The molecule has 2 N–H and O–H groups in total. The van der Waals surface area contributed by atoms with Crippen molar-refractivity contribution < 1.29 is 30.7 Å². The summed E-state index contributed by atoms with van der Waals surface area (Å²) in [5.41, 5.74) is -1.33. The van der Waals surface area contributed by atoms with Gasteiger partial charge in [0, 0.05) is 13.0 Å². The van der Waals surface area contributed by atoms with Gasteiger partial charge in [-0.25, -0.2) is 19.4 Å². The van der Waals surface area contributed by atoms with Crippen LogP contribution in [0, 0.1) is 5.82 Å². The molecule has 1 aromatic heterocycles. The Kier molecular flexibility index (Phi) is 5.13. The highest BCUT2D eigenvalue weighted by molar-refractivity contribution is 5.97. The number of hydrogen-bond acceptors (Lipinski definition) is 5. The molecule has 150 valence electrons. The molecular weight excluding hydrogens is 395 g/mol. The van der Waals surface area contributed by atoms with Crippen LogP contribution in [0.15, 0.2) is 29.3 Å². The first kappa shape index (κ1) is 19.8. The molecule has 3 rings (SSSR count). The summed E-state index contributed by atoms with van der Waals surface area (Å²) in [7, 11) is 0. The van der Waals surface area contributed by atoms with Gasteiger partial charge in [-0.2, -0.15) is 26.3 Å². The van der Waals surface area contributed by atoms with Crippen LogP contribution in [-0.4, -0.2) is 34.6 Å². The molecule has 28 heavy (non-hydrogen) atoms. The van der Waals surface area contributed by atoms with Crippen molar-refractivity contribution >= 4 is 28.9 Å². The van der Waals surface area contributed by atoms with Crippen LogP contribution >= 0.6 is 0 Å². The van der Waals surface area contributed by atoms with E-state index in [1.54, 1.807) is 0 Å². The number of anilines is 3. The van der Waals surface area contributed by atoms with Crippen LogP contribution in [0.5, 0.6) is 0 Å². The van der Waals surface area contributed by atoms with Crippen molar-refractivity contribution in [3.63, 3.8) is 0 Å². The van der Waals surface area contributed by atoms with Gasteiger partial charge in [0.25, 0.3) is 0 Å². The van der Waals surface area contributed by atoms with Crippen molar-refractivity contribution in [2.45, 2.75) is 25.2 Å². The number of nitrogens with one attached hydrogen (secondary N) is 2. The van der Waals surface area contributed by atoms with E-state index in [4.69, 9.17) is 0 Å². The van der Waals surface area contributed by atoms with Crippen LogP contribution in [0.25, 0.3) is 0 Å². The lowest BCUT2D eigenvalue weighted by atomic mass is 10.2. The van der Waals surface area contributed by atoms with Crippen LogP contribution in [0.4, 0.5) is 53.9 Å². The summed E-state index contributed by atoms with van der Waals surface area (Å²) in [6.45, 7) is -0.587. The SMILES string of the molecule is Fc1ccccc1Nc1nc2c(nc1NCCC(F)(F)F)CC(C(F)(F)F)=N2. The quantitative estimate of drug-likeness (QED) is 0.692. The van der Waals surface area contributed by atoms with Gasteiger partial charge < -0.3 is 10.6 Å². The summed E-state index contributed by atoms with van der Waals surface area (Å²) >= 11 is 0. The minimum atomic E-state index is -4.69. The standard InChI is InChI=1S/C16H12F7N5/c17-8-3-1-2-4-9(8)25-14-13(24-6-5-15(18,19)20)26-10-7-11(16(21,22)23)27-12(10)28-14/h1-4H,5-7H2,(H,24,26)(H,25,28). The molecule has 2 aromatic rings. The smallest absolute Gasteiger partial charge is 0.367 e. The van der Waals surface area contributed by atoms with Gasteiger partial charge in [-0.1, -0.05) is 12.1 Å². The third kappa shape index (κ3) is 4.67. The van der Waals surface area contributed by atoms with Gasteiger partial charge in [0.05, 0.1) is 17.8 Å². The number of hydrogen-bond donors (Lipinski definition) is 2. The Bertz CT molecular complexity index is 905. The van der Waals surface area contributed by atoms with Crippen LogP contribution in [0.2, 0.25) is 0 Å². The average molecular weight is 407 g/mol. The maximum Gasteiger partial charge on any atom is 0.429 e. The first-order chi connectivity index (χ1) is 13.0.